The molecule has 2 heterocycles. The van der Waals surface area contributed by atoms with Gasteiger partial charge in [0.25, 0.3) is 0 Å². The lowest BCUT2D eigenvalue weighted by atomic mass is 9.88. The summed E-state index contributed by atoms with van der Waals surface area (Å²) < 4.78 is 5.16. The van der Waals surface area contributed by atoms with Crippen LogP contribution in [-0.2, 0) is 9.59 Å². The number of ketones is 1. The van der Waals surface area contributed by atoms with Crippen LogP contribution in [0, 0.1) is 11.8 Å². The summed E-state index contributed by atoms with van der Waals surface area (Å²) in [4.78, 5) is 41.7. The van der Waals surface area contributed by atoms with Gasteiger partial charge < -0.3 is 14.5 Å². The van der Waals surface area contributed by atoms with E-state index in [9.17, 15) is 14.4 Å². The normalized spacial score (nSPS) is 19.8. The van der Waals surface area contributed by atoms with Crippen molar-refractivity contribution in [2.45, 2.75) is 19.3 Å². The molecule has 2 amide bonds. The van der Waals surface area contributed by atoms with Gasteiger partial charge in [0, 0.05) is 43.2 Å². The molecule has 1 atom stereocenters. The molecule has 30 heavy (non-hydrogen) atoms. The molecule has 156 valence electrons. The summed E-state index contributed by atoms with van der Waals surface area (Å²) >= 11 is 0. The minimum absolute atomic E-state index is 0.0185. The van der Waals surface area contributed by atoms with Crippen LogP contribution in [0.15, 0.2) is 54.6 Å². The van der Waals surface area contributed by atoms with Crippen LogP contribution < -0.4 is 9.64 Å². The number of benzene rings is 2. The zero-order chi connectivity index (χ0) is 21.1. The number of likely N-dealkylation sites (tertiary alicyclic amines) is 1. The van der Waals surface area contributed by atoms with Gasteiger partial charge in [-0.25, -0.2) is 0 Å². The summed E-state index contributed by atoms with van der Waals surface area (Å²) in [5.41, 5.74) is 1.52. The molecular formula is C24H26N2O4. The summed E-state index contributed by atoms with van der Waals surface area (Å²) in [6.07, 6.45) is 1.57. The van der Waals surface area contributed by atoms with E-state index in [1.807, 2.05) is 59.5 Å². The van der Waals surface area contributed by atoms with Crippen LogP contribution in [0.25, 0.3) is 0 Å². The molecule has 0 aliphatic carbocycles. The molecule has 2 aromatic rings. The van der Waals surface area contributed by atoms with Crippen molar-refractivity contribution in [3.05, 3.63) is 60.2 Å². The van der Waals surface area contributed by atoms with E-state index in [1.165, 1.54) is 0 Å². The zero-order valence-electron chi connectivity index (χ0n) is 17.1. The van der Waals surface area contributed by atoms with E-state index in [1.54, 1.807) is 12.0 Å². The molecule has 2 fully saturated rings. The number of nitrogens with zero attached hydrogens (tertiary/aromatic N) is 2. The average molecular weight is 406 g/mol. The van der Waals surface area contributed by atoms with E-state index in [4.69, 9.17) is 4.74 Å². The Morgan fingerprint density at radius 2 is 1.60 bits per heavy atom. The third-order valence-electron chi connectivity index (χ3n) is 6.09. The van der Waals surface area contributed by atoms with Gasteiger partial charge in [-0.05, 0) is 37.1 Å². The number of carbonyl (C=O) groups excluding carboxylic acids is 3. The predicted octanol–water partition coefficient (Wildman–Crippen LogP) is 3.17. The van der Waals surface area contributed by atoms with Gasteiger partial charge in [0.05, 0.1) is 13.0 Å². The van der Waals surface area contributed by atoms with Crippen molar-refractivity contribution in [1.29, 1.82) is 0 Å². The summed E-state index contributed by atoms with van der Waals surface area (Å²) in [5, 5.41) is 0. The van der Waals surface area contributed by atoms with Crippen molar-refractivity contribution >= 4 is 23.3 Å². The summed E-state index contributed by atoms with van der Waals surface area (Å²) in [7, 11) is 1.60. The molecule has 2 aliphatic heterocycles. The lowest BCUT2D eigenvalue weighted by molar-refractivity contribution is -0.137. The minimum Gasteiger partial charge on any atom is -0.497 e. The second kappa shape index (κ2) is 8.69. The highest BCUT2D eigenvalue weighted by atomic mass is 16.5. The number of methoxy groups -OCH3 is 1. The van der Waals surface area contributed by atoms with Gasteiger partial charge in [-0.3, -0.25) is 14.4 Å². The fourth-order valence-electron chi connectivity index (χ4n) is 4.34. The zero-order valence-corrected chi connectivity index (χ0v) is 17.1. The number of Topliss-reactive ketones (excluding diaryl/α,β-unsaturated/α-hetero) is 1. The maximum atomic E-state index is 13.0. The molecule has 0 N–H and O–H groups in total. The van der Waals surface area contributed by atoms with Crippen molar-refractivity contribution in [2.75, 3.05) is 31.6 Å². The van der Waals surface area contributed by atoms with E-state index >= 15 is 0 Å². The number of carbonyl (C=O) groups is 3. The fourth-order valence-corrected chi connectivity index (χ4v) is 4.34. The molecular weight excluding hydrogens is 380 g/mol. The minimum atomic E-state index is -0.332. The Bertz CT molecular complexity index is 918. The van der Waals surface area contributed by atoms with Gasteiger partial charge in [-0.1, -0.05) is 30.3 Å². The maximum absolute atomic E-state index is 13.0. The van der Waals surface area contributed by atoms with Crippen LogP contribution in [0.4, 0.5) is 5.69 Å². The molecule has 0 aromatic heterocycles. The molecule has 0 bridgehead atoms. The average Bonchev–Trinajstić information content (AvgIpc) is 3.20. The Morgan fingerprint density at radius 1 is 0.933 bits per heavy atom. The smallest absolute Gasteiger partial charge is 0.228 e. The largest absolute Gasteiger partial charge is 0.497 e. The summed E-state index contributed by atoms with van der Waals surface area (Å²) in [6.45, 7) is 1.53. The molecule has 4 rings (SSSR count). The highest BCUT2D eigenvalue weighted by Crippen LogP contribution is 2.29. The predicted molar refractivity (Wildman–Crippen MR) is 114 cm³/mol. The van der Waals surface area contributed by atoms with Crippen LogP contribution in [0.2, 0.25) is 0 Å². The molecule has 6 heteroatoms. The summed E-state index contributed by atoms with van der Waals surface area (Å²) in [6, 6.07) is 16.6. The van der Waals surface area contributed by atoms with Crippen molar-refractivity contribution in [3.8, 4) is 5.75 Å². The third kappa shape index (κ3) is 4.08. The van der Waals surface area contributed by atoms with Gasteiger partial charge in [0.1, 0.15) is 5.75 Å². The lowest BCUT2D eigenvalue weighted by Gasteiger charge is -2.33. The van der Waals surface area contributed by atoms with E-state index in [-0.39, 0.29) is 35.9 Å². The number of hydrogen-bond acceptors (Lipinski definition) is 4. The van der Waals surface area contributed by atoms with Crippen molar-refractivity contribution in [1.82, 2.24) is 4.90 Å². The highest BCUT2D eigenvalue weighted by Gasteiger charge is 2.38. The molecule has 2 aliphatic rings. The number of hydrogen-bond donors (Lipinski definition) is 0. The van der Waals surface area contributed by atoms with E-state index in [2.05, 4.69) is 0 Å². The Hall–Kier alpha value is -3.15. The number of rotatable bonds is 5. The van der Waals surface area contributed by atoms with Crippen LogP contribution in [0.1, 0.15) is 29.6 Å². The maximum Gasteiger partial charge on any atom is 0.228 e. The monoisotopic (exact) mass is 406 g/mol. The van der Waals surface area contributed by atoms with Gasteiger partial charge in [-0.15, -0.1) is 0 Å². The Balaban J connectivity index is 1.34. The molecule has 6 nitrogen and oxygen atoms in total. The van der Waals surface area contributed by atoms with Crippen LogP contribution in [-0.4, -0.2) is 49.2 Å². The second-order valence-corrected chi connectivity index (χ2v) is 7.93. The van der Waals surface area contributed by atoms with Gasteiger partial charge in [0.2, 0.25) is 11.8 Å². The van der Waals surface area contributed by atoms with E-state index < -0.39 is 0 Å². The SMILES string of the molecule is COc1ccc(N2CC(C(=O)N3CCC(C(=O)c4ccccc4)CC3)CC2=O)cc1. The summed E-state index contributed by atoms with van der Waals surface area (Å²) in [5.74, 6) is 0.492. The first kappa shape index (κ1) is 20.1. The lowest BCUT2D eigenvalue weighted by Crippen LogP contribution is -2.43. The van der Waals surface area contributed by atoms with Crippen LogP contribution in [0.5, 0.6) is 5.75 Å². The van der Waals surface area contributed by atoms with Crippen molar-refractivity contribution < 1.29 is 19.1 Å². The second-order valence-electron chi connectivity index (χ2n) is 7.93. The Morgan fingerprint density at radius 3 is 2.23 bits per heavy atom. The van der Waals surface area contributed by atoms with Crippen LogP contribution >= 0.6 is 0 Å². The van der Waals surface area contributed by atoms with E-state index in [0.717, 1.165) is 17.0 Å². The highest BCUT2D eigenvalue weighted by molar-refractivity contribution is 6.00. The van der Waals surface area contributed by atoms with Gasteiger partial charge >= 0.3 is 0 Å². The van der Waals surface area contributed by atoms with E-state index in [0.29, 0.717) is 32.5 Å². The molecule has 2 aromatic carbocycles. The quantitative estimate of drug-likeness (QED) is 0.716. The number of piperidine rings is 1. The number of amides is 2. The first-order valence-corrected chi connectivity index (χ1v) is 10.4. The third-order valence-corrected chi connectivity index (χ3v) is 6.09. The molecule has 2 saturated heterocycles. The first-order chi connectivity index (χ1) is 14.6. The Labute approximate surface area is 176 Å². The molecule has 0 spiro atoms. The molecule has 1 unspecified atom stereocenters. The number of ether oxygens (including phenoxy) is 1. The standard InChI is InChI=1S/C24H26N2O4/c1-30-21-9-7-20(8-10-21)26-16-19(15-22(26)27)24(29)25-13-11-18(12-14-25)23(28)17-5-3-2-4-6-17/h2-10,18-19H,11-16H2,1H3. The number of anilines is 1. The molecule has 0 saturated carbocycles. The molecule has 0 radical (unpaired) electrons. The van der Waals surface area contributed by atoms with Crippen molar-refractivity contribution in [2.24, 2.45) is 11.8 Å². The van der Waals surface area contributed by atoms with Gasteiger partial charge in [-0.2, -0.15) is 0 Å². The van der Waals surface area contributed by atoms with Crippen LogP contribution in [0.3, 0.4) is 0 Å². The fraction of sp³-hybridized carbons (Fsp3) is 0.375. The van der Waals surface area contributed by atoms with Crippen molar-refractivity contribution in [3.63, 3.8) is 0 Å². The Kier molecular flexibility index (Phi) is 5.84. The van der Waals surface area contributed by atoms with Gasteiger partial charge in [0.15, 0.2) is 5.78 Å². The topological polar surface area (TPSA) is 66.9 Å². The first-order valence-electron chi connectivity index (χ1n) is 10.4.